The van der Waals surface area contributed by atoms with Gasteiger partial charge in [-0.25, -0.2) is 0 Å². The molecular weight excluding hydrogens is 272 g/mol. The van der Waals surface area contributed by atoms with Crippen LogP contribution in [-0.4, -0.2) is 17.0 Å². The Kier molecular flexibility index (Phi) is 3.18. The van der Waals surface area contributed by atoms with Crippen molar-refractivity contribution in [2.24, 2.45) is 34.5 Å². The molecule has 0 aromatic carbocycles. The zero-order chi connectivity index (χ0) is 15.7. The first-order valence-corrected chi connectivity index (χ1v) is 9.24. The van der Waals surface area contributed by atoms with Crippen molar-refractivity contribution in [3.05, 3.63) is 12.2 Å². The van der Waals surface area contributed by atoms with Gasteiger partial charge in [-0.2, -0.15) is 0 Å². The third-order valence-electron chi connectivity index (χ3n) is 8.34. The molecule has 7 atom stereocenters. The van der Waals surface area contributed by atoms with Crippen LogP contribution < -0.4 is 0 Å². The van der Waals surface area contributed by atoms with Crippen molar-refractivity contribution in [1.29, 1.82) is 0 Å². The highest BCUT2D eigenvalue weighted by molar-refractivity contribution is 5.87. The monoisotopic (exact) mass is 302 g/mol. The van der Waals surface area contributed by atoms with E-state index in [0.29, 0.717) is 29.5 Å². The van der Waals surface area contributed by atoms with Crippen LogP contribution in [0.15, 0.2) is 12.2 Å². The number of carbonyl (C=O) groups is 1. The Morgan fingerprint density at radius 2 is 1.86 bits per heavy atom. The third-order valence-corrected chi connectivity index (χ3v) is 8.34. The summed E-state index contributed by atoms with van der Waals surface area (Å²) in [7, 11) is 0. The van der Waals surface area contributed by atoms with Crippen LogP contribution in [-0.2, 0) is 4.79 Å². The van der Waals surface area contributed by atoms with E-state index < -0.39 is 0 Å². The number of aliphatic hydroxyl groups is 1. The van der Waals surface area contributed by atoms with E-state index >= 15 is 0 Å². The summed E-state index contributed by atoms with van der Waals surface area (Å²) < 4.78 is 0. The highest BCUT2D eigenvalue weighted by Crippen LogP contribution is 2.65. The van der Waals surface area contributed by atoms with Crippen molar-refractivity contribution in [1.82, 2.24) is 0 Å². The Balaban J connectivity index is 1.69. The summed E-state index contributed by atoms with van der Waals surface area (Å²) in [5.41, 5.74) is 1.51. The van der Waals surface area contributed by atoms with Crippen LogP contribution in [0.1, 0.15) is 65.2 Å². The average Bonchev–Trinajstić information content (AvgIpc) is 2.77. The molecule has 4 unspecified atom stereocenters. The number of Topliss-reactive ketones (excluding diaryl/α,β-unsaturated/α-hetero) is 1. The smallest absolute Gasteiger partial charge is 0.139 e. The molecule has 2 heteroatoms. The molecule has 0 spiro atoms. The molecule has 0 aliphatic heterocycles. The first-order valence-electron chi connectivity index (χ1n) is 9.24. The zero-order valence-electron chi connectivity index (χ0n) is 14.1. The van der Waals surface area contributed by atoms with Crippen LogP contribution >= 0.6 is 0 Å². The molecule has 22 heavy (non-hydrogen) atoms. The van der Waals surface area contributed by atoms with Crippen LogP contribution in [0.4, 0.5) is 0 Å². The molecule has 4 aliphatic rings. The summed E-state index contributed by atoms with van der Waals surface area (Å²) in [4.78, 5) is 12.4. The predicted octanol–water partition coefficient (Wildman–Crippen LogP) is 4.13. The molecule has 2 nitrogen and oxygen atoms in total. The molecule has 4 rings (SSSR count). The van der Waals surface area contributed by atoms with Crippen LogP contribution in [0.2, 0.25) is 0 Å². The summed E-state index contributed by atoms with van der Waals surface area (Å²) in [6.45, 7) is 8.84. The maximum atomic E-state index is 12.4. The summed E-state index contributed by atoms with van der Waals surface area (Å²) in [6, 6.07) is 0. The van der Waals surface area contributed by atoms with Crippen LogP contribution in [0.25, 0.3) is 0 Å². The number of rotatable bonds is 0. The second kappa shape index (κ2) is 4.69. The topological polar surface area (TPSA) is 37.3 Å². The predicted molar refractivity (Wildman–Crippen MR) is 87.3 cm³/mol. The molecule has 1 N–H and O–H groups in total. The van der Waals surface area contributed by atoms with Crippen molar-refractivity contribution >= 4 is 5.78 Å². The van der Waals surface area contributed by atoms with Gasteiger partial charge in [0.25, 0.3) is 0 Å². The average molecular weight is 302 g/mol. The second-order valence-corrected chi connectivity index (χ2v) is 9.16. The molecule has 4 fully saturated rings. The van der Waals surface area contributed by atoms with Gasteiger partial charge < -0.3 is 5.11 Å². The normalized spacial score (nSPS) is 54.6. The molecule has 4 saturated carbocycles. The van der Waals surface area contributed by atoms with Gasteiger partial charge >= 0.3 is 0 Å². The van der Waals surface area contributed by atoms with Gasteiger partial charge in [0.1, 0.15) is 5.78 Å². The molecular formula is C20H30O2. The van der Waals surface area contributed by atoms with Crippen molar-refractivity contribution < 1.29 is 9.90 Å². The van der Waals surface area contributed by atoms with Gasteiger partial charge in [0.2, 0.25) is 0 Å². The SMILES string of the molecule is C=C1CC[C@]2(C)C3CC[C@]4(C)C(=O)CCC4C3C[C@H](O)C2C1. The maximum absolute atomic E-state index is 12.4. The molecule has 4 aliphatic carbocycles. The molecule has 0 aromatic rings. The zero-order valence-corrected chi connectivity index (χ0v) is 14.1. The number of ketones is 1. The standard InChI is InChI=1S/C20H30O2/c1-12-6-8-19(2)15-7-9-20(3)14(4-5-18(20)22)13(15)11-17(21)16(19)10-12/h13-17,21H,1,4-11H2,2-3H3/t13?,14?,15?,16?,17-,19+,20-/m0/s1. The largest absolute Gasteiger partial charge is 0.393 e. The maximum Gasteiger partial charge on any atom is 0.139 e. The molecule has 122 valence electrons. The molecule has 0 amide bonds. The molecule has 0 aromatic heterocycles. The lowest BCUT2D eigenvalue weighted by molar-refractivity contribution is -0.155. The molecule has 0 heterocycles. The van der Waals surface area contributed by atoms with E-state index in [1.54, 1.807) is 0 Å². The first kappa shape index (κ1) is 14.9. The Morgan fingerprint density at radius 3 is 2.64 bits per heavy atom. The number of allylic oxidation sites excluding steroid dienone is 1. The molecule has 0 radical (unpaired) electrons. The lowest BCUT2D eigenvalue weighted by atomic mass is 9.44. The van der Waals surface area contributed by atoms with Gasteiger partial charge in [-0.15, -0.1) is 0 Å². The molecule has 0 bridgehead atoms. The third kappa shape index (κ3) is 1.79. The van der Waals surface area contributed by atoms with Crippen molar-refractivity contribution in [2.75, 3.05) is 0 Å². The van der Waals surface area contributed by atoms with Crippen LogP contribution in [0.5, 0.6) is 0 Å². The summed E-state index contributed by atoms with van der Waals surface area (Å²) in [6.07, 6.45) is 8.17. The highest BCUT2D eigenvalue weighted by Gasteiger charge is 2.61. The van der Waals surface area contributed by atoms with Gasteiger partial charge in [-0.1, -0.05) is 26.0 Å². The Hall–Kier alpha value is -0.630. The lowest BCUT2D eigenvalue weighted by Crippen LogP contribution is -2.57. The fourth-order valence-corrected chi connectivity index (χ4v) is 6.96. The Labute approximate surface area is 134 Å². The highest BCUT2D eigenvalue weighted by atomic mass is 16.3. The Morgan fingerprint density at radius 1 is 1.09 bits per heavy atom. The second-order valence-electron chi connectivity index (χ2n) is 9.16. The Bertz CT molecular complexity index is 524. The van der Waals surface area contributed by atoms with Gasteiger partial charge in [0.05, 0.1) is 6.10 Å². The lowest BCUT2D eigenvalue weighted by Gasteiger charge is -2.61. The summed E-state index contributed by atoms with van der Waals surface area (Å²) in [5, 5.41) is 10.9. The van der Waals surface area contributed by atoms with E-state index in [1.165, 1.54) is 18.4 Å². The number of aliphatic hydroxyl groups excluding tert-OH is 1. The van der Waals surface area contributed by atoms with E-state index in [9.17, 15) is 9.90 Å². The quantitative estimate of drug-likeness (QED) is 0.683. The van der Waals surface area contributed by atoms with E-state index in [4.69, 9.17) is 0 Å². The van der Waals surface area contributed by atoms with Gasteiger partial charge in [0.15, 0.2) is 0 Å². The minimum absolute atomic E-state index is 0.0810. The van der Waals surface area contributed by atoms with Crippen LogP contribution in [0.3, 0.4) is 0 Å². The first-order chi connectivity index (χ1) is 10.4. The molecule has 0 saturated heterocycles. The van der Waals surface area contributed by atoms with Gasteiger partial charge in [-0.05, 0) is 74.0 Å². The van der Waals surface area contributed by atoms with Crippen molar-refractivity contribution in [2.45, 2.75) is 71.3 Å². The van der Waals surface area contributed by atoms with Crippen molar-refractivity contribution in [3.8, 4) is 0 Å². The minimum Gasteiger partial charge on any atom is -0.393 e. The van der Waals surface area contributed by atoms with E-state index in [1.807, 2.05) is 0 Å². The summed E-state index contributed by atoms with van der Waals surface area (Å²) >= 11 is 0. The van der Waals surface area contributed by atoms with Gasteiger partial charge in [-0.3, -0.25) is 4.79 Å². The fourth-order valence-electron chi connectivity index (χ4n) is 6.96. The van der Waals surface area contributed by atoms with Gasteiger partial charge in [0, 0.05) is 11.8 Å². The van der Waals surface area contributed by atoms with E-state index in [0.717, 1.165) is 38.5 Å². The number of fused-ring (bicyclic) bond motifs is 5. The fraction of sp³-hybridized carbons (Fsp3) is 0.850. The number of hydrogen-bond donors (Lipinski definition) is 1. The van der Waals surface area contributed by atoms with E-state index in [2.05, 4.69) is 20.4 Å². The number of hydrogen-bond acceptors (Lipinski definition) is 2. The van der Waals surface area contributed by atoms with Crippen molar-refractivity contribution in [3.63, 3.8) is 0 Å². The number of carbonyl (C=O) groups excluding carboxylic acids is 1. The van der Waals surface area contributed by atoms with E-state index in [-0.39, 0.29) is 16.9 Å². The van der Waals surface area contributed by atoms with Crippen LogP contribution in [0, 0.1) is 34.5 Å². The summed E-state index contributed by atoms with van der Waals surface area (Å²) in [5.74, 6) is 2.69. The minimum atomic E-state index is -0.193.